The molecule has 3 aromatic rings. The molecule has 2 aliphatic heterocycles. The van der Waals surface area contributed by atoms with Crippen LogP contribution in [0.2, 0.25) is 0 Å². The number of carbonyl (C=O) groups excluding carboxylic acids is 2. The van der Waals surface area contributed by atoms with Gasteiger partial charge in [0.15, 0.2) is 0 Å². The molecule has 0 saturated carbocycles. The van der Waals surface area contributed by atoms with E-state index in [1.54, 1.807) is 23.4 Å². The van der Waals surface area contributed by atoms with Crippen molar-refractivity contribution in [2.75, 3.05) is 36.1 Å². The molecule has 0 radical (unpaired) electrons. The monoisotopic (exact) mass is 472 g/mol. The quantitative estimate of drug-likeness (QED) is 0.553. The van der Waals surface area contributed by atoms with Crippen LogP contribution in [0.3, 0.4) is 0 Å². The zero-order valence-corrected chi connectivity index (χ0v) is 19.6. The van der Waals surface area contributed by atoms with Crippen molar-refractivity contribution in [1.29, 1.82) is 0 Å². The number of urea groups is 1. The Morgan fingerprint density at radius 2 is 1.66 bits per heavy atom. The lowest BCUT2D eigenvalue weighted by Gasteiger charge is -2.29. The Hall–Kier alpha value is -3.91. The predicted octanol–water partition coefficient (Wildman–Crippen LogP) is 3.51. The third-order valence-corrected chi connectivity index (χ3v) is 6.64. The molecule has 3 heterocycles. The first-order chi connectivity index (χ1) is 17.0. The van der Waals surface area contributed by atoms with Crippen LogP contribution in [-0.2, 0) is 22.5 Å². The van der Waals surface area contributed by atoms with Gasteiger partial charge in [0.1, 0.15) is 11.8 Å². The normalized spacial score (nSPS) is 18.4. The molecule has 1 aromatic heterocycles. The van der Waals surface area contributed by atoms with E-state index in [4.69, 9.17) is 4.74 Å². The van der Waals surface area contributed by atoms with Crippen molar-refractivity contribution in [2.24, 2.45) is 0 Å². The Morgan fingerprint density at radius 3 is 2.37 bits per heavy atom. The highest BCUT2D eigenvalue weighted by Crippen LogP contribution is 2.32. The zero-order chi connectivity index (χ0) is 24.4. The molecule has 8 heteroatoms. The highest BCUT2D eigenvalue weighted by atomic mass is 16.5. The minimum atomic E-state index is -0.734. The number of carbonyl (C=O) groups is 2. The molecule has 180 valence electrons. The molecule has 2 fully saturated rings. The fourth-order valence-corrected chi connectivity index (χ4v) is 4.66. The van der Waals surface area contributed by atoms with E-state index in [9.17, 15) is 14.7 Å². The number of anilines is 2. The number of rotatable bonds is 6. The molecule has 1 N–H and O–H groups in total. The molecule has 2 saturated heterocycles. The Morgan fingerprint density at radius 1 is 0.971 bits per heavy atom. The fourth-order valence-electron chi connectivity index (χ4n) is 4.66. The van der Waals surface area contributed by atoms with Crippen LogP contribution in [0.4, 0.5) is 16.2 Å². The number of aromatic hydroxyl groups is 1. The van der Waals surface area contributed by atoms with Crippen molar-refractivity contribution in [3.8, 4) is 5.75 Å². The van der Waals surface area contributed by atoms with Crippen molar-refractivity contribution in [3.05, 3.63) is 83.7 Å². The van der Waals surface area contributed by atoms with Gasteiger partial charge in [0, 0.05) is 44.1 Å². The van der Waals surface area contributed by atoms with E-state index >= 15 is 0 Å². The maximum absolute atomic E-state index is 13.6. The van der Waals surface area contributed by atoms with E-state index in [-0.39, 0.29) is 30.7 Å². The van der Waals surface area contributed by atoms with Gasteiger partial charge in [-0.15, -0.1) is 0 Å². The Kier molecular flexibility index (Phi) is 6.37. The van der Waals surface area contributed by atoms with Gasteiger partial charge in [-0.25, -0.2) is 9.69 Å². The SMILES string of the molecule is Cc1cccc(CC2C(=O)N(c3ccc(N4CCOCC4)cc3)C(=O)N2Cc2ccncc2)c1O. The zero-order valence-electron chi connectivity index (χ0n) is 19.6. The lowest BCUT2D eigenvalue weighted by Crippen LogP contribution is -2.36. The molecule has 2 aliphatic rings. The van der Waals surface area contributed by atoms with Gasteiger partial charge in [-0.3, -0.25) is 9.78 Å². The number of amides is 3. The summed E-state index contributed by atoms with van der Waals surface area (Å²) in [6.45, 7) is 5.07. The van der Waals surface area contributed by atoms with Gasteiger partial charge in [-0.05, 0) is 60.0 Å². The maximum Gasteiger partial charge on any atom is 0.332 e. The molecular formula is C27H28N4O4. The van der Waals surface area contributed by atoms with Crippen molar-refractivity contribution in [2.45, 2.75) is 25.9 Å². The summed E-state index contributed by atoms with van der Waals surface area (Å²) in [5.41, 5.74) is 3.82. The van der Waals surface area contributed by atoms with Crippen molar-refractivity contribution >= 4 is 23.3 Å². The molecule has 3 amide bonds. The first kappa shape index (κ1) is 22.9. The number of aryl methyl sites for hydroxylation is 1. The summed E-state index contributed by atoms with van der Waals surface area (Å²) in [4.78, 5) is 36.3. The lowest BCUT2D eigenvalue weighted by atomic mass is 10.0. The van der Waals surface area contributed by atoms with Crippen LogP contribution in [0.15, 0.2) is 67.0 Å². The highest BCUT2D eigenvalue weighted by molar-refractivity contribution is 6.21. The summed E-state index contributed by atoms with van der Waals surface area (Å²) in [5.74, 6) is -0.144. The second kappa shape index (κ2) is 9.76. The number of phenols is 1. The number of hydrogen-bond acceptors (Lipinski definition) is 6. The van der Waals surface area contributed by atoms with Gasteiger partial charge in [-0.1, -0.05) is 18.2 Å². The summed E-state index contributed by atoms with van der Waals surface area (Å²) in [5, 5.41) is 10.6. The number of ether oxygens (including phenoxy) is 1. The molecule has 5 rings (SSSR count). The van der Waals surface area contributed by atoms with Crippen LogP contribution < -0.4 is 9.80 Å². The van der Waals surface area contributed by atoms with Crippen LogP contribution in [0.25, 0.3) is 0 Å². The van der Waals surface area contributed by atoms with Crippen LogP contribution in [0.1, 0.15) is 16.7 Å². The fraction of sp³-hybridized carbons (Fsp3) is 0.296. The summed E-state index contributed by atoms with van der Waals surface area (Å²) in [6, 6.07) is 15.5. The number of benzene rings is 2. The summed E-state index contributed by atoms with van der Waals surface area (Å²) < 4.78 is 5.42. The molecule has 0 aliphatic carbocycles. The number of hydrogen-bond donors (Lipinski definition) is 1. The second-order valence-electron chi connectivity index (χ2n) is 8.86. The maximum atomic E-state index is 13.6. The van der Waals surface area contributed by atoms with Crippen LogP contribution in [-0.4, -0.2) is 59.3 Å². The number of pyridine rings is 1. The van der Waals surface area contributed by atoms with Gasteiger partial charge in [-0.2, -0.15) is 0 Å². The summed E-state index contributed by atoms with van der Waals surface area (Å²) in [7, 11) is 0. The van der Waals surface area contributed by atoms with Crippen LogP contribution in [0.5, 0.6) is 5.75 Å². The number of aromatic nitrogens is 1. The number of phenolic OH excluding ortho intramolecular Hbond substituents is 1. The molecule has 2 aromatic carbocycles. The Bertz CT molecular complexity index is 1210. The molecule has 35 heavy (non-hydrogen) atoms. The Labute approximate surface area is 204 Å². The molecule has 0 bridgehead atoms. The predicted molar refractivity (Wildman–Crippen MR) is 132 cm³/mol. The van der Waals surface area contributed by atoms with Gasteiger partial charge >= 0.3 is 6.03 Å². The van der Waals surface area contributed by atoms with E-state index in [1.165, 1.54) is 4.90 Å². The second-order valence-corrected chi connectivity index (χ2v) is 8.86. The smallest absolute Gasteiger partial charge is 0.332 e. The van der Waals surface area contributed by atoms with Crippen LogP contribution >= 0.6 is 0 Å². The van der Waals surface area contributed by atoms with E-state index in [0.29, 0.717) is 24.5 Å². The number of morpholine rings is 1. The minimum absolute atomic E-state index is 0.157. The first-order valence-corrected chi connectivity index (χ1v) is 11.8. The van der Waals surface area contributed by atoms with Gasteiger partial charge in [0.2, 0.25) is 0 Å². The first-order valence-electron chi connectivity index (χ1n) is 11.8. The largest absolute Gasteiger partial charge is 0.507 e. The van der Waals surface area contributed by atoms with E-state index in [1.807, 2.05) is 55.5 Å². The highest BCUT2D eigenvalue weighted by Gasteiger charge is 2.46. The van der Waals surface area contributed by atoms with Crippen molar-refractivity contribution < 1.29 is 19.4 Å². The minimum Gasteiger partial charge on any atom is -0.507 e. The van der Waals surface area contributed by atoms with E-state index in [0.717, 1.165) is 29.9 Å². The van der Waals surface area contributed by atoms with Crippen molar-refractivity contribution in [3.63, 3.8) is 0 Å². The number of nitrogens with zero attached hydrogens (tertiary/aromatic N) is 4. The third kappa shape index (κ3) is 4.57. The van der Waals surface area contributed by atoms with E-state index < -0.39 is 6.04 Å². The van der Waals surface area contributed by atoms with Crippen LogP contribution in [0, 0.1) is 6.92 Å². The molecule has 1 unspecified atom stereocenters. The van der Waals surface area contributed by atoms with Crippen molar-refractivity contribution in [1.82, 2.24) is 9.88 Å². The molecule has 1 atom stereocenters. The Balaban J connectivity index is 1.45. The summed E-state index contributed by atoms with van der Waals surface area (Å²) in [6.07, 6.45) is 3.56. The third-order valence-electron chi connectivity index (χ3n) is 6.64. The summed E-state index contributed by atoms with van der Waals surface area (Å²) >= 11 is 0. The molecule has 8 nitrogen and oxygen atoms in total. The standard InChI is InChI=1S/C27H28N4O4/c1-19-3-2-4-21(25(19)32)17-24-26(33)31(27(34)30(24)18-20-9-11-28-12-10-20)23-7-5-22(6-8-23)29-13-15-35-16-14-29/h2-12,24,32H,13-18H2,1H3. The average Bonchev–Trinajstić information content (AvgIpc) is 3.12. The molecule has 0 spiro atoms. The average molecular weight is 473 g/mol. The topological polar surface area (TPSA) is 86.2 Å². The van der Waals surface area contributed by atoms with E-state index in [2.05, 4.69) is 9.88 Å². The lowest BCUT2D eigenvalue weighted by molar-refractivity contribution is -0.119. The molecular weight excluding hydrogens is 444 g/mol. The van der Waals surface area contributed by atoms with Gasteiger partial charge in [0.05, 0.1) is 18.9 Å². The van der Waals surface area contributed by atoms with Gasteiger partial charge in [0.25, 0.3) is 5.91 Å². The number of imide groups is 1. The van der Waals surface area contributed by atoms with Gasteiger partial charge < -0.3 is 19.6 Å². The number of para-hydroxylation sites is 1.